The van der Waals surface area contributed by atoms with Gasteiger partial charge in [0, 0.05) is 35.7 Å². The van der Waals surface area contributed by atoms with Gasteiger partial charge in [-0.05, 0) is 31.5 Å². The number of rotatable bonds is 6. The summed E-state index contributed by atoms with van der Waals surface area (Å²) in [6.45, 7) is 3.25. The summed E-state index contributed by atoms with van der Waals surface area (Å²) in [6.07, 6.45) is 9.73. The summed E-state index contributed by atoms with van der Waals surface area (Å²) in [6, 6.07) is 5.13. The Morgan fingerprint density at radius 1 is 1.23 bits per heavy atom. The topological polar surface area (TPSA) is 130 Å². The number of hydrogen-bond acceptors (Lipinski definition) is 7. The minimum Gasteiger partial charge on any atom is -0.346 e. The zero-order valence-corrected chi connectivity index (χ0v) is 17.2. The minimum atomic E-state index is -3.48. The van der Waals surface area contributed by atoms with Crippen LogP contribution in [0.25, 0.3) is 22.3 Å². The number of fused-ring (bicyclic) bond motifs is 1. The Morgan fingerprint density at radius 2 is 2.07 bits per heavy atom. The second-order valence-corrected chi connectivity index (χ2v) is 9.60. The third-order valence-electron chi connectivity index (χ3n) is 4.90. The predicted octanol–water partition coefficient (Wildman–Crippen LogP) is 2.90. The van der Waals surface area contributed by atoms with Crippen molar-refractivity contribution in [2.24, 2.45) is 0 Å². The average Bonchev–Trinajstić information content (AvgIpc) is 3.41. The molecule has 0 aliphatic rings. The highest BCUT2D eigenvalue weighted by atomic mass is 32.2. The number of aromatic nitrogens is 6. The molecule has 0 saturated carbocycles. The van der Waals surface area contributed by atoms with Gasteiger partial charge in [-0.1, -0.05) is 0 Å². The Balaban J connectivity index is 1.75. The summed E-state index contributed by atoms with van der Waals surface area (Å²) < 4.78 is 26.7. The zero-order chi connectivity index (χ0) is 21.3. The van der Waals surface area contributed by atoms with E-state index in [0.29, 0.717) is 5.56 Å². The van der Waals surface area contributed by atoms with Crippen LogP contribution in [0, 0.1) is 11.3 Å². The monoisotopic (exact) mass is 421 g/mol. The quantitative estimate of drug-likeness (QED) is 0.506. The molecule has 30 heavy (non-hydrogen) atoms. The molecule has 0 aromatic carbocycles. The molecule has 0 aliphatic heterocycles. The Bertz CT molecular complexity index is 1350. The number of nitrogens with zero attached hydrogens (tertiary/aromatic N) is 6. The molecule has 0 saturated heterocycles. The van der Waals surface area contributed by atoms with Crippen LogP contribution >= 0.6 is 0 Å². The molecule has 4 rings (SSSR count). The van der Waals surface area contributed by atoms with Crippen LogP contribution in [0.4, 0.5) is 0 Å². The van der Waals surface area contributed by atoms with Gasteiger partial charge in [0.2, 0.25) is 0 Å². The van der Waals surface area contributed by atoms with Crippen LogP contribution in [0.3, 0.4) is 0 Å². The molecular formula is C20H19N7O2S. The second kappa shape index (κ2) is 7.68. The maximum atomic E-state index is 12.5. The van der Waals surface area contributed by atoms with Crippen molar-refractivity contribution in [2.75, 3.05) is 0 Å². The first-order valence-electron chi connectivity index (χ1n) is 9.30. The Morgan fingerprint density at radius 3 is 2.83 bits per heavy atom. The Hall–Kier alpha value is -3.58. The molecule has 0 bridgehead atoms. The van der Waals surface area contributed by atoms with E-state index in [2.05, 4.69) is 31.1 Å². The lowest BCUT2D eigenvalue weighted by Gasteiger charge is -2.16. The van der Waals surface area contributed by atoms with Gasteiger partial charge in [-0.25, -0.2) is 18.4 Å². The van der Waals surface area contributed by atoms with Crippen molar-refractivity contribution in [3.05, 3.63) is 55.0 Å². The van der Waals surface area contributed by atoms with Crippen molar-refractivity contribution in [1.29, 1.82) is 5.26 Å². The van der Waals surface area contributed by atoms with Crippen molar-refractivity contribution >= 4 is 20.9 Å². The number of nitriles is 1. The molecule has 0 amide bonds. The normalized spacial score (nSPS) is 12.9. The molecule has 4 aromatic rings. The van der Waals surface area contributed by atoms with Crippen molar-refractivity contribution in [3.8, 4) is 17.3 Å². The summed E-state index contributed by atoms with van der Waals surface area (Å²) in [5, 5.41) is 14.1. The summed E-state index contributed by atoms with van der Waals surface area (Å²) in [5.74, 6) is 0. The third kappa shape index (κ3) is 3.44. The van der Waals surface area contributed by atoms with Gasteiger partial charge in [-0.15, -0.1) is 0 Å². The maximum Gasteiger partial charge on any atom is 0.182 e. The average molecular weight is 421 g/mol. The molecule has 1 unspecified atom stereocenters. The maximum absolute atomic E-state index is 12.5. The van der Waals surface area contributed by atoms with E-state index in [0.717, 1.165) is 22.3 Å². The van der Waals surface area contributed by atoms with Crippen LogP contribution in [0.1, 0.15) is 31.9 Å². The van der Waals surface area contributed by atoms with E-state index in [9.17, 15) is 13.7 Å². The first kappa shape index (κ1) is 19.7. The molecule has 152 valence electrons. The Kier molecular flexibility index (Phi) is 5.05. The summed E-state index contributed by atoms with van der Waals surface area (Å²) >= 11 is 0. The zero-order valence-electron chi connectivity index (χ0n) is 16.4. The number of H-pyrrole nitrogens is 1. The molecule has 10 heteroatoms. The van der Waals surface area contributed by atoms with Gasteiger partial charge in [-0.2, -0.15) is 10.4 Å². The lowest BCUT2D eigenvalue weighted by molar-refractivity contribution is 0.529. The van der Waals surface area contributed by atoms with Crippen LogP contribution in [-0.2, 0) is 9.84 Å². The van der Waals surface area contributed by atoms with E-state index in [1.165, 1.54) is 12.5 Å². The number of sulfone groups is 1. The molecule has 0 spiro atoms. The van der Waals surface area contributed by atoms with E-state index in [1.807, 2.05) is 6.07 Å². The van der Waals surface area contributed by atoms with Crippen LogP contribution < -0.4 is 0 Å². The van der Waals surface area contributed by atoms with E-state index < -0.39 is 21.1 Å². The molecule has 4 aromatic heterocycles. The molecular weight excluding hydrogens is 402 g/mol. The number of aromatic amines is 1. The van der Waals surface area contributed by atoms with Gasteiger partial charge in [0.25, 0.3) is 0 Å². The van der Waals surface area contributed by atoms with Gasteiger partial charge in [0.1, 0.15) is 12.0 Å². The van der Waals surface area contributed by atoms with Crippen molar-refractivity contribution in [1.82, 2.24) is 29.7 Å². The molecule has 9 nitrogen and oxygen atoms in total. The van der Waals surface area contributed by atoms with Gasteiger partial charge in [0.15, 0.2) is 9.84 Å². The lowest BCUT2D eigenvalue weighted by Crippen LogP contribution is -2.16. The first-order valence-corrected chi connectivity index (χ1v) is 10.8. The van der Waals surface area contributed by atoms with Crippen molar-refractivity contribution < 1.29 is 8.42 Å². The molecule has 0 fully saturated rings. The van der Waals surface area contributed by atoms with Crippen LogP contribution in [0.15, 0.2) is 54.3 Å². The van der Waals surface area contributed by atoms with Crippen molar-refractivity contribution in [2.45, 2.75) is 36.5 Å². The standard InChI is InChI=1S/C20H19N7O2S/c1-13(2)30(28,29)16-7-14(8-22-10-16)18(3-5-21)27-11-15(9-26-27)19-17-4-6-23-20(17)25-12-24-19/h4,6-13,18H,3H2,1-2H3,(H,23,24,25). The number of nitrogens with one attached hydrogen (secondary N) is 1. The number of hydrogen-bond donors (Lipinski definition) is 1. The molecule has 4 heterocycles. The SMILES string of the molecule is CC(C)S(=O)(=O)c1cncc(C(CC#N)n2cc(-c3ncnc4[nH]ccc34)cn2)c1. The smallest absolute Gasteiger partial charge is 0.182 e. The largest absolute Gasteiger partial charge is 0.346 e. The predicted molar refractivity (Wildman–Crippen MR) is 110 cm³/mol. The van der Waals surface area contributed by atoms with Crippen molar-refractivity contribution in [3.63, 3.8) is 0 Å². The van der Waals surface area contributed by atoms with E-state index in [4.69, 9.17) is 0 Å². The fraction of sp³-hybridized carbons (Fsp3) is 0.250. The summed E-state index contributed by atoms with van der Waals surface area (Å²) in [7, 11) is -3.48. The minimum absolute atomic E-state index is 0.108. The fourth-order valence-electron chi connectivity index (χ4n) is 3.23. The highest BCUT2D eigenvalue weighted by Gasteiger charge is 2.23. The third-order valence-corrected chi connectivity index (χ3v) is 7.02. The van der Waals surface area contributed by atoms with Gasteiger partial charge < -0.3 is 4.98 Å². The number of pyridine rings is 1. The van der Waals surface area contributed by atoms with Crippen LogP contribution in [0.5, 0.6) is 0 Å². The second-order valence-electron chi connectivity index (χ2n) is 7.10. The molecule has 1 atom stereocenters. The van der Waals surface area contributed by atoms with E-state index in [1.54, 1.807) is 49.4 Å². The summed E-state index contributed by atoms with van der Waals surface area (Å²) in [5.41, 5.74) is 2.81. The molecule has 0 radical (unpaired) electrons. The highest BCUT2D eigenvalue weighted by Crippen LogP contribution is 2.28. The van der Waals surface area contributed by atoms with Crippen LogP contribution in [0.2, 0.25) is 0 Å². The van der Waals surface area contributed by atoms with E-state index >= 15 is 0 Å². The van der Waals surface area contributed by atoms with Gasteiger partial charge >= 0.3 is 0 Å². The summed E-state index contributed by atoms with van der Waals surface area (Å²) in [4.78, 5) is 15.8. The van der Waals surface area contributed by atoms with Gasteiger partial charge in [0.05, 0.1) is 40.6 Å². The Labute approximate surface area is 173 Å². The first-order chi connectivity index (χ1) is 14.4. The molecule has 1 N–H and O–H groups in total. The lowest BCUT2D eigenvalue weighted by atomic mass is 10.1. The van der Waals surface area contributed by atoms with Gasteiger partial charge in [-0.3, -0.25) is 9.67 Å². The van der Waals surface area contributed by atoms with E-state index in [-0.39, 0.29) is 11.3 Å². The van der Waals surface area contributed by atoms with Crippen LogP contribution in [-0.4, -0.2) is 43.4 Å². The highest BCUT2D eigenvalue weighted by molar-refractivity contribution is 7.92. The fourth-order valence-corrected chi connectivity index (χ4v) is 4.28. The molecule has 0 aliphatic carbocycles.